The van der Waals surface area contributed by atoms with Crippen molar-refractivity contribution < 1.29 is 27.5 Å². The van der Waals surface area contributed by atoms with E-state index in [1.807, 2.05) is 11.8 Å². The Hall–Kier alpha value is -2.29. The minimum Gasteiger partial charge on any atom is -0.444 e. The monoisotopic (exact) mass is 401 g/mol. The van der Waals surface area contributed by atoms with Crippen LogP contribution in [0.15, 0.2) is 18.2 Å². The molecule has 1 aromatic carbocycles. The van der Waals surface area contributed by atoms with Crippen LogP contribution < -0.4 is 5.73 Å². The molecule has 156 valence electrons. The Bertz CT molecular complexity index is 744. The van der Waals surface area contributed by atoms with E-state index in [0.717, 1.165) is 6.07 Å². The summed E-state index contributed by atoms with van der Waals surface area (Å²) in [5.41, 5.74) is 3.50. The van der Waals surface area contributed by atoms with E-state index in [-0.39, 0.29) is 23.7 Å². The summed E-state index contributed by atoms with van der Waals surface area (Å²) < 4.78 is 45.6. The Morgan fingerprint density at radius 2 is 1.86 bits per heavy atom. The minimum atomic E-state index is -4.59. The first kappa shape index (κ1) is 22.0. The smallest absolute Gasteiger partial charge is 0.416 e. The molecule has 0 saturated carbocycles. The van der Waals surface area contributed by atoms with Crippen LogP contribution in [0.25, 0.3) is 0 Å². The van der Waals surface area contributed by atoms with E-state index in [4.69, 9.17) is 10.5 Å². The van der Waals surface area contributed by atoms with Crippen molar-refractivity contribution in [1.82, 2.24) is 9.80 Å². The van der Waals surface area contributed by atoms with Gasteiger partial charge < -0.3 is 15.4 Å². The van der Waals surface area contributed by atoms with Gasteiger partial charge in [0.25, 0.3) is 0 Å². The van der Waals surface area contributed by atoms with E-state index >= 15 is 0 Å². The van der Waals surface area contributed by atoms with Crippen molar-refractivity contribution in [1.29, 1.82) is 0 Å². The zero-order valence-corrected chi connectivity index (χ0v) is 16.5. The molecule has 1 fully saturated rings. The predicted octanol–water partition coefficient (Wildman–Crippen LogP) is 3.25. The van der Waals surface area contributed by atoms with Crippen molar-refractivity contribution in [2.75, 3.05) is 19.6 Å². The maximum Gasteiger partial charge on any atom is 0.416 e. The molecule has 1 saturated heterocycles. The first-order valence-corrected chi connectivity index (χ1v) is 9.00. The van der Waals surface area contributed by atoms with E-state index < -0.39 is 29.3 Å². The van der Waals surface area contributed by atoms with Crippen LogP contribution >= 0.6 is 0 Å². The molecule has 0 aliphatic carbocycles. The van der Waals surface area contributed by atoms with Gasteiger partial charge in [0, 0.05) is 37.8 Å². The lowest BCUT2D eigenvalue weighted by Crippen LogP contribution is -2.54. The van der Waals surface area contributed by atoms with Gasteiger partial charge in [0.05, 0.1) is 5.56 Å². The highest BCUT2D eigenvalue weighted by molar-refractivity contribution is 5.93. The zero-order valence-electron chi connectivity index (χ0n) is 16.5. The number of halogens is 3. The molecule has 0 radical (unpaired) electrons. The van der Waals surface area contributed by atoms with E-state index in [0.29, 0.717) is 19.6 Å². The molecule has 1 unspecified atom stereocenters. The maximum atomic E-state index is 13.4. The Morgan fingerprint density at radius 1 is 1.21 bits per heavy atom. The molecule has 1 aliphatic rings. The van der Waals surface area contributed by atoms with Crippen LogP contribution in [0.3, 0.4) is 0 Å². The van der Waals surface area contributed by atoms with Gasteiger partial charge in [-0.05, 0) is 45.4 Å². The first-order chi connectivity index (χ1) is 12.8. The molecule has 0 aromatic heterocycles. The van der Waals surface area contributed by atoms with Crippen molar-refractivity contribution in [2.24, 2.45) is 5.73 Å². The van der Waals surface area contributed by atoms with Gasteiger partial charge in [-0.2, -0.15) is 13.2 Å². The molecule has 28 heavy (non-hydrogen) atoms. The number of amides is 2. The fourth-order valence-electron chi connectivity index (χ4n) is 3.14. The number of carbonyl (C=O) groups is 2. The van der Waals surface area contributed by atoms with Crippen molar-refractivity contribution in [3.63, 3.8) is 0 Å². The van der Waals surface area contributed by atoms with Gasteiger partial charge in [-0.1, -0.05) is 6.07 Å². The summed E-state index contributed by atoms with van der Waals surface area (Å²) >= 11 is 0. The largest absolute Gasteiger partial charge is 0.444 e. The standard InChI is InChI=1S/C19H26F3N3O3/c1-12-10-24(7-8-25(12)17(27)28-18(2,3)4)11-14-6-5-13(16(23)26)9-15(14)19(20,21)22/h5-6,9,12H,7-8,10-11H2,1-4H3,(H2,23,26). The van der Waals surface area contributed by atoms with Gasteiger partial charge in [0.15, 0.2) is 0 Å². The number of nitrogens with two attached hydrogens (primary N) is 1. The van der Waals surface area contributed by atoms with Crippen LogP contribution in [-0.2, 0) is 17.5 Å². The van der Waals surface area contributed by atoms with Crippen LogP contribution in [0.5, 0.6) is 0 Å². The lowest BCUT2D eigenvalue weighted by Gasteiger charge is -2.40. The molecule has 1 heterocycles. The van der Waals surface area contributed by atoms with Gasteiger partial charge in [-0.15, -0.1) is 0 Å². The highest BCUT2D eigenvalue weighted by Gasteiger charge is 2.36. The third-order valence-electron chi connectivity index (χ3n) is 4.43. The third kappa shape index (κ3) is 5.60. The van der Waals surface area contributed by atoms with Crippen LogP contribution in [0.4, 0.5) is 18.0 Å². The second-order valence-electron chi connectivity index (χ2n) is 7.99. The predicted molar refractivity (Wildman–Crippen MR) is 97.6 cm³/mol. The van der Waals surface area contributed by atoms with Crippen LogP contribution in [0.2, 0.25) is 0 Å². The summed E-state index contributed by atoms with van der Waals surface area (Å²) in [5, 5.41) is 0. The molecular formula is C19H26F3N3O3. The Morgan fingerprint density at radius 3 is 2.36 bits per heavy atom. The number of carbonyl (C=O) groups excluding carboxylic acids is 2. The number of rotatable bonds is 3. The molecule has 1 atom stereocenters. The summed E-state index contributed by atoms with van der Waals surface area (Å²) in [6.45, 7) is 8.40. The van der Waals surface area contributed by atoms with Crippen molar-refractivity contribution in [3.05, 3.63) is 34.9 Å². The zero-order chi connectivity index (χ0) is 21.3. The van der Waals surface area contributed by atoms with Crippen LogP contribution in [0, 0.1) is 0 Å². The maximum absolute atomic E-state index is 13.4. The molecule has 2 N–H and O–H groups in total. The lowest BCUT2D eigenvalue weighted by atomic mass is 10.0. The van der Waals surface area contributed by atoms with Gasteiger partial charge in [-0.25, -0.2) is 4.79 Å². The van der Waals surface area contributed by atoms with E-state index in [9.17, 15) is 22.8 Å². The van der Waals surface area contributed by atoms with Crippen molar-refractivity contribution in [2.45, 2.75) is 52.1 Å². The van der Waals surface area contributed by atoms with Gasteiger partial charge in [0.2, 0.25) is 5.91 Å². The number of alkyl halides is 3. The Balaban J connectivity index is 2.12. The first-order valence-electron chi connectivity index (χ1n) is 9.00. The van der Waals surface area contributed by atoms with Gasteiger partial charge in [0.1, 0.15) is 5.60 Å². The van der Waals surface area contributed by atoms with Gasteiger partial charge in [-0.3, -0.25) is 9.69 Å². The third-order valence-corrected chi connectivity index (χ3v) is 4.43. The normalized spacial score (nSPS) is 18.8. The Labute approximate surface area is 162 Å². The average molecular weight is 401 g/mol. The molecule has 0 bridgehead atoms. The number of ether oxygens (including phenoxy) is 1. The van der Waals surface area contributed by atoms with E-state index in [2.05, 4.69) is 0 Å². The Kier molecular flexibility index (Phi) is 6.27. The molecule has 0 spiro atoms. The summed E-state index contributed by atoms with van der Waals surface area (Å²) in [5.74, 6) is -0.906. The minimum absolute atomic E-state index is 0.0559. The highest BCUT2D eigenvalue weighted by atomic mass is 19.4. The number of primary amides is 1. The van der Waals surface area contributed by atoms with Crippen molar-refractivity contribution in [3.8, 4) is 0 Å². The lowest BCUT2D eigenvalue weighted by molar-refractivity contribution is -0.138. The molecule has 1 aliphatic heterocycles. The summed E-state index contributed by atoms with van der Waals surface area (Å²) in [7, 11) is 0. The summed E-state index contributed by atoms with van der Waals surface area (Å²) in [6, 6.07) is 3.17. The van der Waals surface area contributed by atoms with E-state index in [1.165, 1.54) is 12.1 Å². The fourth-order valence-corrected chi connectivity index (χ4v) is 3.14. The number of benzene rings is 1. The second-order valence-corrected chi connectivity index (χ2v) is 7.99. The SMILES string of the molecule is CC1CN(Cc2ccc(C(N)=O)cc2C(F)(F)F)CCN1C(=O)OC(C)(C)C. The summed E-state index contributed by atoms with van der Waals surface area (Å²) in [4.78, 5) is 26.9. The number of hydrogen-bond acceptors (Lipinski definition) is 4. The molecule has 2 rings (SSSR count). The molecule has 9 heteroatoms. The quantitative estimate of drug-likeness (QED) is 0.844. The second kappa shape index (κ2) is 7.98. The average Bonchev–Trinajstić information content (AvgIpc) is 2.52. The molecule has 6 nitrogen and oxygen atoms in total. The number of hydrogen-bond donors (Lipinski definition) is 1. The summed E-state index contributed by atoms with van der Waals surface area (Å²) in [6.07, 6.45) is -5.02. The van der Waals surface area contributed by atoms with E-state index in [1.54, 1.807) is 25.7 Å². The number of piperazine rings is 1. The fraction of sp³-hybridized carbons (Fsp3) is 0.579. The topological polar surface area (TPSA) is 75.9 Å². The highest BCUT2D eigenvalue weighted by Crippen LogP contribution is 2.33. The molecule has 1 aromatic rings. The number of nitrogens with zero attached hydrogens (tertiary/aromatic N) is 2. The van der Waals surface area contributed by atoms with Crippen molar-refractivity contribution >= 4 is 12.0 Å². The molecule has 2 amide bonds. The van der Waals surface area contributed by atoms with Crippen LogP contribution in [0.1, 0.15) is 49.2 Å². The van der Waals surface area contributed by atoms with Gasteiger partial charge >= 0.3 is 12.3 Å². The molecular weight excluding hydrogens is 375 g/mol. The van der Waals surface area contributed by atoms with Crippen LogP contribution in [-0.4, -0.2) is 53.1 Å².